The number of aliphatic hydroxyl groups is 1. The minimum Gasteiger partial charge on any atom is -0.477 e. The van der Waals surface area contributed by atoms with E-state index in [2.05, 4.69) is 4.72 Å². The fraction of sp³-hybridized carbons (Fsp3) is 0.545. The number of thioether (sulfide) groups is 1. The third-order valence-corrected chi connectivity index (χ3v) is 9.07. The Hall–Kier alpha value is -2.10. The normalized spacial score (nSPS) is 29.4. The number of rotatable bonds is 9. The van der Waals surface area contributed by atoms with Crippen LogP contribution in [0.2, 0.25) is 0 Å². The number of hydrogen-bond donors (Lipinski definition) is 4. The quantitative estimate of drug-likeness (QED) is 0.328. The van der Waals surface area contributed by atoms with Crippen LogP contribution in [0.5, 0.6) is 0 Å². The van der Waals surface area contributed by atoms with Crippen molar-refractivity contribution < 1.29 is 37.0 Å². The predicted molar refractivity (Wildman–Crippen MR) is 127 cm³/mol. The molecule has 4 rings (SSSR count). The third kappa shape index (κ3) is 5.15. The number of carbonyl (C=O) groups is 2. The molecule has 0 saturated carbocycles. The van der Waals surface area contributed by atoms with Gasteiger partial charge >= 0.3 is 5.97 Å². The van der Waals surface area contributed by atoms with Crippen LogP contribution in [0.4, 0.5) is 8.78 Å². The number of amides is 1. The number of carboxylic acids is 1. The summed E-state index contributed by atoms with van der Waals surface area (Å²) in [4.78, 5) is 28.3. The average Bonchev–Trinajstić information content (AvgIpc) is 3.24. The minimum atomic E-state index is -3.98. The van der Waals surface area contributed by atoms with Gasteiger partial charge in [0.15, 0.2) is 0 Å². The Bertz CT molecular complexity index is 1210. The summed E-state index contributed by atoms with van der Waals surface area (Å²) in [6, 6.07) is 2.41. The first kappa shape index (κ1) is 26.9. The highest BCUT2D eigenvalue weighted by Gasteiger charge is 2.60. The fourth-order valence-corrected chi connectivity index (χ4v) is 7.39. The van der Waals surface area contributed by atoms with Crippen molar-refractivity contribution in [1.82, 2.24) is 14.5 Å². The number of carboxylic acid groups (broad SMARTS) is 1. The molecule has 0 radical (unpaired) electrons. The van der Waals surface area contributed by atoms with E-state index in [-0.39, 0.29) is 41.6 Å². The fourth-order valence-electron chi connectivity index (χ4n) is 5.37. The SMILES string of the molecule is C[C@@H](O)[C@H]1C(=O)N2C(C(=O)O)=C(S[C@H]3C[C@@H](CNS(N)(=O)=O)N(Cc4ccc(F)cc4F)C3)[C@H](C)[C@H]12. The molecule has 6 atom stereocenters. The molecule has 0 bridgehead atoms. The molecule has 3 heterocycles. The van der Waals surface area contributed by atoms with Crippen molar-refractivity contribution >= 4 is 33.8 Å². The highest BCUT2D eigenvalue weighted by molar-refractivity contribution is 8.03. The topological polar surface area (TPSA) is 153 Å². The van der Waals surface area contributed by atoms with E-state index >= 15 is 0 Å². The summed E-state index contributed by atoms with van der Waals surface area (Å²) in [5.41, 5.74) is 0.137. The first-order valence-corrected chi connectivity index (χ1v) is 13.8. The molecule has 1 aromatic carbocycles. The van der Waals surface area contributed by atoms with Crippen LogP contribution in [0.3, 0.4) is 0 Å². The van der Waals surface area contributed by atoms with Crippen molar-refractivity contribution in [2.45, 2.75) is 50.3 Å². The minimum absolute atomic E-state index is 0.0452. The molecule has 0 aromatic heterocycles. The van der Waals surface area contributed by atoms with Gasteiger partial charge in [0.2, 0.25) is 5.91 Å². The Morgan fingerprint density at radius 3 is 2.64 bits per heavy atom. The van der Waals surface area contributed by atoms with Gasteiger partial charge in [0.1, 0.15) is 17.3 Å². The van der Waals surface area contributed by atoms with Gasteiger partial charge in [-0.25, -0.2) is 23.4 Å². The average molecular weight is 547 g/mol. The second-order valence-electron chi connectivity index (χ2n) is 9.46. The molecule has 2 fully saturated rings. The molecular formula is C22H28F2N4O6S2. The van der Waals surface area contributed by atoms with Crippen LogP contribution in [0.1, 0.15) is 25.8 Å². The van der Waals surface area contributed by atoms with E-state index in [9.17, 15) is 37.0 Å². The lowest BCUT2D eigenvalue weighted by molar-refractivity contribution is -0.163. The molecule has 0 aliphatic carbocycles. The van der Waals surface area contributed by atoms with Crippen molar-refractivity contribution in [2.75, 3.05) is 13.1 Å². The summed E-state index contributed by atoms with van der Waals surface area (Å²) >= 11 is 1.30. The molecule has 1 aromatic rings. The van der Waals surface area contributed by atoms with Gasteiger partial charge in [-0.05, 0) is 19.4 Å². The number of β-lactam (4-membered cyclic amide) rings is 1. The van der Waals surface area contributed by atoms with Gasteiger partial charge in [-0.1, -0.05) is 13.0 Å². The van der Waals surface area contributed by atoms with Crippen LogP contribution in [0, 0.1) is 23.5 Å². The van der Waals surface area contributed by atoms with Crippen LogP contribution in [0.25, 0.3) is 0 Å². The van der Waals surface area contributed by atoms with E-state index in [1.54, 1.807) is 0 Å². The second-order valence-corrected chi connectivity index (χ2v) is 12.2. The lowest BCUT2D eigenvalue weighted by Crippen LogP contribution is -2.63. The van der Waals surface area contributed by atoms with Crippen molar-refractivity contribution in [1.29, 1.82) is 0 Å². The van der Waals surface area contributed by atoms with Crippen LogP contribution >= 0.6 is 11.8 Å². The molecule has 0 unspecified atom stereocenters. The predicted octanol–water partition coefficient (Wildman–Crippen LogP) is 0.588. The number of nitrogens with one attached hydrogen (secondary N) is 1. The molecule has 0 spiro atoms. The molecule has 10 nitrogen and oxygen atoms in total. The van der Waals surface area contributed by atoms with Crippen molar-refractivity contribution in [3.63, 3.8) is 0 Å². The maximum absolute atomic E-state index is 14.3. The zero-order valence-corrected chi connectivity index (χ0v) is 21.2. The highest BCUT2D eigenvalue weighted by Crippen LogP contribution is 2.52. The van der Waals surface area contributed by atoms with Crippen LogP contribution in [-0.2, 0) is 26.3 Å². The van der Waals surface area contributed by atoms with Gasteiger partial charge in [-0.3, -0.25) is 9.69 Å². The Balaban J connectivity index is 1.56. The number of benzene rings is 1. The van der Waals surface area contributed by atoms with E-state index in [4.69, 9.17) is 5.14 Å². The third-order valence-electron chi connectivity index (χ3n) is 7.00. The number of nitrogens with two attached hydrogens (primary N) is 1. The zero-order valence-electron chi connectivity index (χ0n) is 19.6. The highest BCUT2D eigenvalue weighted by atomic mass is 32.2. The standard InChI is InChI=1S/C22H28F2N4O6S2/c1-10-18-17(11(2)29)21(30)28(18)19(22(31)32)20(10)35-15-6-14(7-26-36(25,33)34)27(9-15)8-12-3-4-13(23)5-16(12)24/h3-5,10-11,14-15,17-18,26,29H,6-9H2,1-2H3,(H,31,32)(H2,25,33,34)/t10-,11-,14+,15+,17-,18-/m1/s1. The summed E-state index contributed by atoms with van der Waals surface area (Å²) in [6.07, 6.45) is -0.487. The monoisotopic (exact) mass is 546 g/mol. The molecule has 2 saturated heterocycles. The maximum atomic E-state index is 14.3. The summed E-state index contributed by atoms with van der Waals surface area (Å²) in [5, 5.41) is 24.8. The Morgan fingerprint density at radius 2 is 2.06 bits per heavy atom. The van der Waals surface area contributed by atoms with Gasteiger partial charge in [0.25, 0.3) is 10.2 Å². The van der Waals surface area contributed by atoms with E-state index < -0.39 is 51.8 Å². The maximum Gasteiger partial charge on any atom is 0.353 e. The summed E-state index contributed by atoms with van der Waals surface area (Å²) in [7, 11) is -3.98. The number of aliphatic carboxylic acids is 1. The summed E-state index contributed by atoms with van der Waals surface area (Å²) < 4.78 is 52.9. The van der Waals surface area contributed by atoms with Crippen molar-refractivity contribution in [3.05, 3.63) is 46.0 Å². The Morgan fingerprint density at radius 1 is 1.36 bits per heavy atom. The van der Waals surface area contributed by atoms with E-state index in [0.29, 0.717) is 17.9 Å². The molecular weight excluding hydrogens is 518 g/mol. The number of halogens is 2. The van der Waals surface area contributed by atoms with Gasteiger partial charge in [-0.15, -0.1) is 11.8 Å². The number of hydrogen-bond acceptors (Lipinski definition) is 7. The molecule has 36 heavy (non-hydrogen) atoms. The molecule has 14 heteroatoms. The molecule has 3 aliphatic heterocycles. The first-order valence-electron chi connectivity index (χ1n) is 11.4. The number of likely N-dealkylation sites (tertiary alicyclic amines) is 1. The largest absolute Gasteiger partial charge is 0.477 e. The number of fused-ring (bicyclic) bond motifs is 1. The lowest BCUT2D eigenvalue weighted by Gasteiger charge is -2.46. The smallest absolute Gasteiger partial charge is 0.353 e. The number of nitrogens with zero attached hydrogens (tertiary/aromatic N) is 2. The molecule has 1 amide bonds. The number of carbonyl (C=O) groups excluding carboxylic acids is 1. The zero-order chi connectivity index (χ0) is 26.5. The van der Waals surface area contributed by atoms with E-state index in [1.165, 1.54) is 29.7 Å². The van der Waals surface area contributed by atoms with Gasteiger partial charge in [0.05, 0.1) is 18.1 Å². The summed E-state index contributed by atoms with van der Waals surface area (Å²) in [6.45, 7) is 3.72. The van der Waals surface area contributed by atoms with Crippen LogP contribution in [-0.4, -0.2) is 76.8 Å². The second kappa shape index (κ2) is 9.99. The molecule has 3 aliphatic rings. The van der Waals surface area contributed by atoms with Crippen LogP contribution < -0.4 is 9.86 Å². The van der Waals surface area contributed by atoms with Crippen molar-refractivity contribution in [2.24, 2.45) is 17.0 Å². The van der Waals surface area contributed by atoms with Crippen molar-refractivity contribution in [3.8, 4) is 0 Å². The van der Waals surface area contributed by atoms with E-state index in [1.807, 2.05) is 11.8 Å². The molecule has 198 valence electrons. The summed E-state index contributed by atoms with van der Waals surface area (Å²) in [5.74, 6) is -4.10. The lowest BCUT2D eigenvalue weighted by atomic mass is 9.79. The van der Waals surface area contributed by atoms with Gasteiger partial charge in [0, 0.05) is 53.4 Å². The Kier molecular flexibility index (Phi) is 7.48. The van der Waals surface area contributed by atoms with Crippen LogP contribution in [0.15, 0.2) is 28.8 Å². The Labute approximate surface area is 211 Å². The van der Waals surface area contributed by atoms with E-state index in [0.717, 1.165) is 12.1 Å². The molecule has 5 N–H and O–H groups in total. The number of aliphatic hydroxyl groups excluding tert-OH is 1. The van der Waals surface area contributed by atoms with Gasteiger partial charge < -0.3 is 15.1 Å². The van der Waals surface area contributed by atoms with Gasteiger partial charge in [-0.2, -0.15) is 8.42 Å². The first-order chi connectivity index (χ1) is 16.8.